The van der Waals surface area contributed by atoms with Gasteiger partial charge >= 0.3 is 0 Å². The molecule has 4 aromatic rings. The lowest BCUT2D eigenvalue weighted by Gasteiger charge is -2.34. The van der Waals surface area contributed by atoms with Gasteiger partial charge in [-0.1, -0.05) is 47.5 Å². The molecule has 0 unspecified atom stereocenters. The lowest BCUT2D eigenvalue weighted by Crippen LogP contribution is -2.47. The highest BCUT2D eigenvalue weighted by atomic mass is 35.5. The molecule has 9 heteroatoms. The summed E-state index contributed by atoms with van der Waals surface area (Å²) in [6, 6.07) is 24.4. The van der Waals surface area contributed by atoms with E-state index in [1.807, 2.05) is 54.3 Å². The highest BCUT2D eigenvalue weighted by Crippen LogP contribution is 2.34. The van der Waals surface area contributed by atoms with Crippen molar-refractivity contribution in [2.24, 2.45) is 0 Å². The number of hydrogen-bond donors (Lipinski definition) is 0. The van der Waals surface area contributed by atoms with Crippen molar-refractivity contribution in [2.75, 3.05) is 26.2 Å². The molecule has 1 aliphatic heterocycles. The average Bonchev–Trinajstić information content (AvgIpc) is 3.03. The Bertz CT molecular complexity index is 1600. The van der Waals surface area contributed by atoms with Crippen molar-refractivity contribution in [1.82, 2.24) is 14.8 Å². The minimum Gasteiger partial charge on any atom is -0.487 e. The third-order valence-corrected chi connectivity index (χ3v) is 7.61. The van der Waals surface area contributed by atoms with Crippen LogP contribution in [-0.2, 0) is 17.9 Å². The van der Waals surface area contributed by atoms with Crippen LogP contribution >= 0.6 is 23.2 Å². The van der Waals surface area contributed by atoms with E-state index in [0.717, 1.165) is 41.3 Å². The summed E-state index contributed by atoms with van der Waals surface area (Å²) < 4.78 is 11.8. The number of ether oxygens (including phenoxy) is 2. The molecule has 0 bridgehead atoms. The number of halogens is 2. The zero-order chi connectivity index (χ0) is 30.2. The van der Waals surface area contributed by atoms with Crippen molar-refractivity contribution in [2.45, 2.75) is 20.1 Å². The normalized spacial score (nSPS) is 13.6. The van der Waals surface area contributed by atoms with Gasteiger partial charge in [0.15, 0.2) is 5.75 Å². The topological polar surface area (TPSA) is 78.7 Å². The molecule has 5 rings (SSSR count). The van der Waals surface area contributed by atoms with Crippen LogP contribution < -0.4 is 9.47 Å². The van der Waals surface area contributed by atoms with Gasteiger partial charge in [-0.15, -0.1) is 0 Å². The van der Waals surface area contributed by atoms with Crippen LogP contribution in [0, 0.1) is 18.3 Å². The first-order valence-corrected chi connectivity index (χ1v) is 14.6. The quantitative estimate of drug-likeness (QED) is 0.185. The number of pyridine rings is 1. The molecular formula is C34H30Cl2N4O3. The van der Waals surface area contributed by atoms with E-state index in [4.69, 9.17) is 37.9 Å². The Labute approximate surface area is 261 Å². The largest absolute Gasteiger partial charge is 0.487 e. The van der Waals surface area contributed by atoms with Gasteiger partial charge in [0.05, 0.1) is 22.9 Å². The van der Waals surface area contributed by atoms with Gasteiger partial charge in [-0.2, -0.15) is 5.26 Å². The number of nitrogens with zero attached hydrogens (tertiary/aromatic N) is 4. The zero-order valence-corrected chi connectivity index (χ0v) is 25.2. The molecule has 3 aromatic carbocycles. The van der Waals surface area contributed by atoms with E-state index in [2.05, 4.69) is 16.0 Å². The Kier molecular flexibility index (Phi) is 9.96. The molecule has 43 heavy (non-hydrogen) atoms. The first-order valence-electron chi connectivity index (χ1n) is 13.9. The van der Waals surface area contributed by atoms with E-state index in [0.29, 0.717) is 47.7 Å². The van der Waals surface area contributed by atoms with Crippen molar-refractivity contribution < 1.29 is 14.3 Å². The van der Waals surface area contributed by atoms with Crippen molar-refractivity contribution >= 4 is 35.2 Å². The summed E-state index contributed by atoms with van der Waals surface area (Å²) in [6.45, 7) is 6.08. The number of piperazine rings is 1. The summed E-state index contributed by atoms with van der Waals surface area (Å²) in [5.41, 5.74) is 4.39. The Morgan fingerprint density at radius 3 is 2.35 bits per heavy atom. The molecule has 0 atom stereocenters. The van der Waals surface area contributed by atoms with Crippen LogP contribution in [0.25, 0.3) is 6.08 Å². The number of rotatable bonds is 9. The Balaban J connectivity index is 1.12. The first kappa shape index (κ1) is 30.1. The number of aryl methyl sites for hydroxylation is 1. The van der Waals surface area contributed by atoms with Gasteiger partial charge in [0.2, 0.25) is 11.8 Å². The molecule has 0 aliphatic carbocycles. The highest BCUT2D eigenvalue weighted by molar-refractivity contribution is 6.32. The van der Waals surface area contributed by atoms with E-state index < -0.39 is 0 Å². The van der Waals surface area contributed by atoms with Crippen LogP contribution in [0.5, 0.6) is 17.4 Å². The number of carbonyl (C=O) groups excluding carboxylic acids is 1. The SMILES string of the molecule is Cc1cc(/C=C\C(=O)N2CCN(Cc3ccc(Cl)cc3)CC2)cc(Cl)c1Oc1ccc(OCc2ccc(C#N)cc2)cn1. The van der Waals surface area contributed by atoms with Crippen LogP contribution in [0.4, 0.5) is 0 Å². The maximum atomic E-state index is 12.9. The molecule has 1 fully saturated rings. The maximum Gasteiger partial charge on any atom is 0.246 e. The van der Waals surface area contributed by atoms with Gasteiger partial charge in [-0.3, -0.25) is 9.69 Å². The van der Waals surface area contributed by atoms with Gasteiger partial charge in [0, 0.05) is 49.9 Å². The highest BCUT2D eigenvalue weighted by Gasteiger charge is 2.20. The fourth-order valence-electron chi connectivity index (χ4n) is 4.69. The number of aromatic nitrogens is 1. The number of nitriles is 1. The summed E-state index contributed by atoms with van der Waals surface area (Å²) in [7, 11) is 0. The molecule has 2 heterocycles. The van der Waals surface area contributed by atoms with Gasteiger partial charge in [-0.25, -0.2) is 4.98 Å². The second-order valence-corrected chi connectivity index (χ2v) is 11.1. The van der Waals surface area contributed by atoms with Crippen LogP contribution in [0.1, 0.15) is 27.8 Å². The molecule has 7 nitrogen and oxygen atoms in total. The Morgan fingerprint density at radius 2 is 1.70 bits per heavy atom. The Morgan fingerprint density at radius 1 is 0.977 bits per heavy atom. The molecule has 0 radical (unpaired) electrons. The standard InChI is InChI=1S/C34H30Cl2N4O3/c1-24-18-28(8-13-33(41)40-16-14-39(15-17-40)22-26-6-9-29(35)10-7-26)19-31(36)34(24)43-32-12-11-30(21-38-32)42-23-27-4-2-25(20-37)3-5-27/h2-13,18-19,21H,14-17,22-23H2,1H3/b13-8-. The monoisotopic (exact) mass is 612 g/mol. The van der Waals surface area contributed by atoms with Crippen molar-refractivity contribution in [3.8, 4) is 23.4 Å². The molecular weight excluding hydrogens is 583 g/mol. The van der Waals surface area contributed by atoms with Crippen LogP contribution in [0.2, 0.25) is 10.0 Å². The van der Waals surface area contributed by atoms with Crippen LogP contribution in [0.3, 0.4) is 0 Å². The van der Waals surface area contributed by atoms with E-state index in [1.54, 1.807) is 48.7 Å². The average molecular weight is 614 g/mol. The molecule has 1 aliphatic rings. The summed E-state index contributed by atoms with van der Waals surface area (Å²) in [4.78, 5) is 21.4. The van der Waals surface area contributed by atoms with E-state index in [-0.39, 0.29) is 5.91 Å². The fourth-order valence-corrected chi connectivity index (χ4v) is 5.13. The molecule has 0 spiro atoms. The molecule has 1 amide bonds. The first-order chi connectivity index (χ1) is 20.9. The van der Waals surface area contributed by atoms with Crippen molar-refractivity contribution in [1.29, 1.82) is 5.26 Å². The zero-order valence-electron chi connectivity index (χ0n) is 23.7. The Hall–Kier alpha value is -4.35. The summed E-state index contributed by atoms with van der Waals surface area (Å²) in [6.07, 6.45) is 4.96. The minimum absolute atomic E-state index is 0.0223. The van der Waals surface area contributed by atoms with Gasteiger partial charge < -0.3 is 14.4 Å². The minimum atomic E-state index is -0.0223. The van der Waals surface area contributed by atoms with E-state index in [1.165, 1.54) is 5.56 Å². The molecule has 1 aromatic heterocycles. The van der Waals surface area contributed by atoms with Gasteiger partial charge in [0.1, 0.15) is 12.4 Å². The number of benzene rings is 3. The number of carbonyl (C=O) groups is 1. The fraction of sp³-hybridized carbons (Fsp3) is 0.206. The third-order valence-electron chi connectivity index (χ3n) is 7.08. The van der Waals surface area contributed by atoms with Crippen LogP contribution in [0.15, 0.2) is 85.1 Å². The van der Waals surface area contributed by atoms with Gasteiger partial charge in [0.25, 0.3) is 0 Å². The third kappa shape index (κ3) is 8.36. The second-order valence-electron chi connectivity index (χ2n) is 10.2. The predicted octanol–water partition coefficient (Wildman–Crippen LogP) is 7.30. The molecule has 0 N–H and O–H groups in total. The molecule has 218 valence electrons. The van der Waals surface area contributed by atoms with Crippen LogP contribution in [-0.4, -0.2) is 46.9 Å². The summed E-state index contributed by atoms with van der Waals surface area (Å²) in [5, 5.41) is 10.1. The smallest absolute Gasteiger partial charge is 0.246 e. The maximum absolute atomic E-state index is 12.9. The predicted molar refractivity (Wildman–Crippen MR) is 168 cm³/mol. The van der Waals surface area contributed by atoms with Gasteiger partial charge in [-0.05, 0) is 77.7 Å². The van der Waals surface area contributed by atoms with E-state index >= 15 is 0 Å². The summed E-state index contributed by atoms with van der Waals surface area (Å²) in [5.74, 6) is 1.45. The molecule has 1 saturated heterocycles. The van der Waals surface area contributed by atoms with E-state index in [9.17, 15) is 4.79 Å². The summed E-state index contributed by atoms with van der Waals surface area (Å²) >= 11 is 12.6. The van der Waals surface area contributed by atoms with Crippen molar-refractivity contribution in [3.05, 3.63) is 123 Å². The number of hydrogen-bond acceptors (Lipinski definition) is 6. The number of amides is 1. The van der Waals surface area contributed by atoms with Crippen molar-refractivity contribution in [3.63, 3.8) is 0 Å². The second kappa shape index (κ2) is 14.2. The lowest BCUT2D eigenvalue weighted by atomic mass is 10.1. The molecule has 0 saturated carbocycles. The lowest BCUT2D eigenvalue weighted by molar-refractivity contribution is -0.127.